The number of piperidine rings is 1. The Bertz CT molecular complexity index is 181. The number of urea groups is 1. The molecule has 2 bridgehead atoms. The van der Waals surface area contributed by atoms with E-state index in [1.54, 1.807) is 7.05 Å². The van der Waals surface area contributed by atoms with Crippen LogP contribution in [0.25, 0.3) is 0 Å². The molecule has 2 aliphatic rings. The van der Waals surface area contributed by atoms with Gasteiger partial charge in [0.2, 0.25) is 0 Å². The average molecular weight is 154 g/mol. The fourth-order valence-corrected chi connectivity index (χ4v) is 2.32. The molecule has 0 aromatic rings. The zero-order valence-electron chi connectivity index (χ0n) is 6.84. The SMILES string of the molecule is CNC(=O)N1CC2CCC1C2. The van der Waals surface area contributed by atoms with Crippen molar-refractivity contribution in [3.8, 4) is 0 Å². The Labute approximate surface area is 66.8 Å². The summed E-state index contributed by atoms with van der Waals surface area (Å²) < 4.78 is 0. The molecule has 2 unspecified atom stereocenters. The minimum Gasteiger partial charge on any atom is -0.341 e. The Hall–Kier alpha value is -0.730. The Morgan fingerprint density at radius 1 is 1.55 bits per heavy atom. The number of carbonyl (C=O) groups excluding carboxylic acids is 1. The number of amides is 2. The van der Waals surface area contributed by atoms with Gasteiger partial charge in [-0.05, 0) is 25.2 Å². The molecule has 0 aromatic carbocycles. The molecule has 1 N–H and O–H groups in total. The van der Waals surface area contributed by atoms with E-state index in [4.69, 9.17) is 0 Å². The molecule has 0 spiro atoms. The van der Waals surface area contributed by atoms with Crippen LogP contribution in [0.4, 0.5) is 4.79 Å². The van der Waals surface area contributed by atoms with Crippen LogP contribution in [0.1, 0.15) is 19.3 Å². The van der Waals surface area contributed by atoms with Crippen molar-refractivity contribution >= 4 is 6.03 Å². The minimum atomic E-state index is 0.109. The fourth-order valence-electron chi connectivity index (χ4n) is 2.32. The largest absolute Gasteiger partial charge is 0.341 e. The summed E-state index contributed by atoms with van der Waals surface area (Å²) in [6, 6.07) is 0.664. The first-order valence-corrected chi connectivity index (χ1v) is 4.29. The van der Waals surface area contributed by atoms with Gasteiger partial charge in [0.15, 0.2) is 0 Å². The summed E-state index contributed by atoms with van der Waals surface area (Å²) in [5, 5.41) is 2.68. The second-order valence-corrected chi connectivity index (χ2v) is 3.54. The van der Waals surface area contributed by atoms with E-state index in [2.05, 4.69) is 5.32 Å². The van der Waals surface area contributed by atoms with E-state index in [1.807, 2.05) is 4.90 Å². The van der Waals surface area contributed by atoms with Crippen LogP contribution in [0.3, 0.4) is 0 Å². The van der Waals surface area contributed by atoms with E-state index in [9.17, 15) is 4.79 Å². The molecule has 2 rings (SSSR count). The van der Waals surface area contributed by atoms with Gasteiger partial charge >= 0.3 is 6.03 Å². The van der Waals surface area contributed by atoms with Crippen molar-refractivity contribution in [3.05, 3.63) is 0 Å². The van der Waals surface area contributed by atoms with Gasteiger partial charge < -0.3 is 10.2 Å². The third-order valence-electron chi connectivity index (χ3n) is 2.88. The van der Waals surface area contributed by atoms with Crippen molar-refractivity contribution in [2.24, 2.45) is 5.92 Å². The van der Waals surface area contributed by atoms with Gasteiger partial charge in [0.25, 0.3) is 0 Å². The van der Waals surface area contributed by atoms with Gasteiger partial charge in [-0.15, -0.1) is 0 Å². The maximum Gasteiger partial charge on any atom is 0.317 e. The Morgan fingerprint density at radius 3 is 2.82 bits per heavy atom. The Morgan fingerprint density at radius 2 is 2.36 bits per heavy atom. The Balaban J connectivity index is 2.02. The van der Waals surface area contributed by atoms with Crippen molar-refractivity contribution in [1.82, 2.24) is 10.2 Å². The molecular weight excluding hydrogens is 140 g/mol. The van der Waals surface area contributed by atoms with Crippen molar-refractivity contribution in [1.29, 1.82) is 0 Å². The quantitative estimate of drug-likeness (QED) is 0.550. The third-order valence-corrected chi connectivity index (χ3v) is 2.88. The normalized spacial score (nSPS) is 34.5. The van der Waals surface area contributed by atoms with Crippen molar-refractivity contribution in [3.63, 3.8) is 0 Å². The maximum atomic E-state index is 11.2. The molecule has 2 amide bonds. The van der Waals surface area contributed by atoms with Gasteiger partial charge in [-0.25, -0.2) is 4.79 Å². The lowest BCUT2D eigenvalue weighted by Crippen LogP contribution is -2.42. The lowest BCUT2D eigenvalue weighted by atomic mass is 10.1. The van der Waals surface area contributed by atoms with E-state index in [1.165, 1.54) is 19.3 Å². The van der Waals surface area contributed by atoms with Crippen molar-refractivity contribution in [2.45, 2.75) is 25.3 Å². The molecule has 62 valence electrons. The number of nitrogens with one attached hydrogen (secondary N) is 1. The lowest BCUT2D eigenvalue weighted by molar-refractivity contribution is 0.183. The van der Waals surface area contributed by atoms with E-state index in [0.29, 0.717) is 6.04 Å². The molecule has 1 heterocycles. The third kappa shape index (κ3) is 0.988. The predicted molar refractivity (Wildman–Crippen MR) is 42.3 cm³/mol. The van der Waals surface area contributed by atoms with Crippen LogP contribution in [0.2, 0.25) is 0 Å². The summed E-state index contributed by atoms with van der Waals surface area (Å²) in [4.78, 5) is 13.2. The number of carbonyl (C=O) groups is 1. The first-order chi connectivity index (χ1) is 5.31. The van der Waals surface area contributed by atoms with Gasteiger partial charge in [-0.2, -0.15) is 0 Å². The summed E-state index contributed by atoms with van der Waals surface area (Å²) in [5.74, 6) is 0.803. The van der Waals surface area contributed by atoms with Crippen LogP contribution < -0.4 is 5.32 Å². The van der Waals surface area contributed by atoms with Crippen LogP contribution >= 0.6 is 0 Å². The molecule has 2 atom stereocenters. The predicted octanol–water partition coefficient (Wildman–Crippen LogP) is 0.810. The van der Waals surface area contributed by atoms with Gasteiger partial charge in [-0.1, -0.05) is 0 Å². The minimum absolute atomic E-state index is 0.109. The van der Waals surface area contributed by atoms with Crippen LogP contribution in [0.5, 0.6) is 0 Å². The van der Waals surface area contributed by atoms with Crippen LogP contribution in [0, 0.1) is 5.92 Å². The number of likely N-dealkylation sites (tertiary alicyclic amines) is 1. The molecule has 1 aliphatic heterocycles. The molecule has 11 heavy (non-hydrogen) atoms. The summed E-state index contributed by atoms with van der Waals surface area (Å²) in [5.41, 5.74) is 0. The zero-order valence-corrected chi connectivity index (χ0v) is 6.84. The molecule has 3 nitrogen and oxygen atoms in total. The Kier molecular flexibility index (Phi) is 1.51. The van der Waals surface area contributed by atoms with Gasteiger partial charge in [0.1, 0.15) is 0 Å². The smallest absolute Gasteiger partial charge is 0.317 e. The molecular formula is C8H14N2O. The second kappa shape index (κ2) is 2.40. The number of nitrogens with zero attached hydrogens (tertiary/aromatic N) is 1. The van der Waals surface area contributed by atoms with Crippen LogP contribution in [0.15, 0.2) is 0 Å². The molecule has 0 aromatic heterocycles. The number of fused-ring (bicyclic) bond motifs is 2. The molecule has 1 saturated heterocycles. The van der Waals surface area contributed by atoms with E-state index < -0.39 is 0 Å². The second-order valence-electron chi connectivity index (χ2n) is 3.54. The molecule has 3 heteroatoms. The average Bonchev–Trinajstić information content (AvgIpc) is 2.62. The van der Waals surface area contributed by atoms with Crippen LogP contribution in [-0.2, 0) is 0 Å². The van der Waals surface area contributed by atoms with Crippen molar-refractivity contribution in [2.75, 3.05) is 13.6 Å². The number of rotatable bonds is 0. The lowest BCUT2D eigenvalue weighted by Gasteiger charge is -2.26. The van der Waals surface area contributed by atoms with Crippen LogP contribution in [-0.4, -0.2) is 30.6 Å². The summed E-state index contributed by atoms with van der Waals surface area (Å²) in [6.07, 6.45) is 3.80. The first kappa shape index (κ1) is 6.95. The van der Waals surface area contributed by atoms with E-state index in [-0.39, 0.29) is 6.03 Å². The first-order valence-electron chi connectivity index (χ1n) is 4.29. The van der Waals surface area contributed by atoms with Gasteiger partial charge in [-0.3, -0.25) is 0 Å². The van der Waals surface area contributed by atoms with E-state index in [0.717, 1.165) is 12.5 Å². The highest BCUT2D eigenvalue weighted by molar-refractivity contribution is 5.74. The van der Waals surface area contributed by atoms with Gasteiger partial charge in [0, 0.05) is 19.6 Å². The van der Waals surface area contributed by atoms with Gasteiger partial charge in [0.05, 0.1) is 0 Å². The zero-order chi connectivity index (χ0) is 7.84. The molecule has 1 saturated carbocycles. The monoisotopic (exact) mass is 154 g/mol. The summed E-state index contributed by atoms with van der Waals surface area (Å²) in [6.45, 7) is 0.990. The molecule has 1 aliphatic carbocycles. The van der Waals surface area contributed by atoms with E-state index >= 15 is 0 Å². The highest BCUT2D eigenvalue weighted by Crippen LogP contribution is 2.36. The standard InChI is InChI=1S/C8H14N2O/c1-9-8(11)10-5-6-2-3-7(10)4-6/h6-7H,2-5H2,1H3,(H,9,11). The highest BCUT2D eigenvalue weighted by atomic mass is 16.2. The maximum absolute atomic E-state index is 11.2. The number of hydrogen-bond acceptors (Lipinski definition) is 1. The molecule has 2 fully saturated rings. The molecule has 0 radical (unpaired) electrons. The highest BCUT2D eigenvalue weighted by Gasteiger charge is 2.39. The summed E-state index contributed by atoms with van der Waals surface area (Å²) >= 11 is 0. The summed E-state index contributed by atoms with van der Waals surface area (Å²) in [7, 11) is 1.70. The fraction of sp³-hybridized carbons (Fsp3) is 0.875. The van der Waals surface area contributed by atoms with Crippen molar-refractivity contribution < 1.29 is 4.79 Å². The topological polar surface area (TPSA) is 32.3 Å². The number of hydrogen-bond donors (Lipinski definition) is 1.